The third kappa shape index (κ3) is 1.19. The summed E-state index contributed by atoms with van der Waals surface area (Å²) in [4.78, 5) is 5.40. The van der Waals surface area contributed by atoms with Gasteiger partial charge in [0.25, 0.3) is 0 Å². The van der Waals surface area contributed by atoms with Crippen LogP contribution in [0, 0.1) is 0 Å². The molecule has 2 unspecified atom stereocenters. The molecule has 0 spiro atoms. The topological polar surface area (TPSA) is 34.1 Å². The van der Waals surface area contributed by atoms with Gasteiger partial charge in [-0.25, -0.2) is 8.42 Å². The molecular weight excluding hydrogens is 328 g/mol. The van der Waals surface area contributed by atoms with Crippen LogP contribution in [-0.4, -0.2) is 8.42 Å². The van der Waals surface area contributed by atoms with Crippen molar-refractivity contribution in [1.82, 2.24) is 0 Å². The monoisotopic (exact) mass is 334 g/mol. The Balaban J connectivity index is 1.92. The Bertz CT molecular complexity index is 871. The molecule has 0 saturated carbocycles. The van der Waals surface area contributed by atoms with Gasteiger partial charge in [0, 0.05) is 11.1 Å². The Morgan fingerprint density at radius 2 is 1.15 bits per heavy atom. The lowest BCUT2D eigenvalue weighted by molar-refractivity contribution is 0.677. The second-order valence-corrected chi connectivity index (χ2v) is 9.19. The van der Waals surface area contributed by atoms with Gasteiger partial charge in [-0.05, 0) is 22.9 Å². The number of thiophene rings is 2. The Hall–Kier alpha value is -1.08. The molecule has 0 amide bonds. The fourth-order valence-corrected chi connectivity index (χ4v) is 8.61. The zero-order valence-electron chi connectivity index (χ0n) is 9.91. The lowest BCUT2D eigenvalue weighted by Crippen LogP contribution is -1.95. The van der Waals surface area contributed by atoms with E-state index in [4.69, 9.17) is 0 Å². The van der Waals surface area contributed by atoms with E-state index in [-0.39, 0.29) is 0 Å². The van der Waals surface area contributed by atoms with Crippen LogP contribution in [0.4, 0.5) is 0 Å². The van der Waals surface area contributed by atoms with Gasteiger partial charge in [-0.2, -0.15) is 0 Å². The summed E-state index contributed by atoms with van der Waals surface area (Å²) in [5, 5.41) is 3.93. The van der Waals surface area contributed by atoms with E-state index < -0.39 is 21.6 Å². The van der Waals surface area contributed by atoms with Crippen LogP contribution in [0.25, 0.3) is 20.9 Å². The molecule has 1 aromatic carbocycles. The van der Waals surface area contributed by atoms with Crippen LogP contribution < -0.4 is 0 Å². The highest BCUT2D eigenvalue weighted by atomic mass is 32.2. The minimum absolute atomic E-state index is 0.770. The summed E-state index contributed by atoms with van der Waals surface area (Å²) >= 11 is 3.20. The number of hydrogen-bond donors (Lipinski definition) is 0. The minimum Gasteiger partial charge on any atom is -0.249 e. The molecule has 2 nitrogen and oxygen atoms in total. The maximum Gasteiger partial charge on any atom is 0.0883 e. The van der Waals surface area contributed by atoms with Gasteiger partial charge >= 0.3 is 0 Å². The molecule has 98 valence electrons. The van der Waals surface area contributed by atoms with E-state index in [9.17, 15) is 8.42 Å². The molecule has 2 aliphatic heterocycles. The van der Waals surface area contributed by atoms with Crippen LogP contribution >= 0.6 is 22.7 Å². The second kappa shape index (κ2) is 3.76. The van der Waals surface area contributed by atoms with Crippen LogP contribution in [0.15, 0.2) is 54.6 Å². The number of hydrogen-bond acceptors (Lipinski definition) is 4. The van der Waals surface area contributed by atoms with Crippen molar-refractivity contribution in [1.29, 1.82) is 0 Å². The maximum atomic E-state index is 12.7. The van der Waals surface area contributed by atoms with Crippen LogP contribution in [0.1, 0.15) is 0 Å². The highest BCUT2D eigenvalue weighted by molar-refractivity contribution is 7.89. The highest BCUT2D eigenvalue weighted by Crippen LogP contribution is 2.53. The van der Waals surface area contributed by atoms with E-state index in [1.54, 1.807) is 22.7 Å². The zero-order valence-corrected chi connectivity index (χ0v) is 13.2. The van der Waals surface area contributed by atoms with Crippen molar-refractivity contribution < 1.29 is 8.42 Å². The van der Waals surface area contributed by atoms with Crippen molar-refractivity contribution in [3.63, 3.8) is 0 Å². The van der Waals surface area contributed by atoms with Gasteiger partial charge in [0.2, 0.25) is 0 Å². The lowest BCUT2D eigenvalue weighted by atomic mass is 10.1. The fraction of sp³-hybridized carbons (Fsp3) is 0. The highest BCUT2D eigenvalue weighted by Gasteiger charge is 2.37. The molecule has 5 rings (SSSR count). The van der Waals surface area contributed by atoms with Gasteiger partial charge in [0.1, 0.15) is 0 Å². The van der Waals surface area contributed by atoms with Crippen LogP contribution in [-0.2, 0) is 21.6 Å². The SMILES string of the molecule is O=S1c2ccsc2-c2ccc3c(c21)S(=O)c1ccsc1-3. The van der Waals surface area contributed by atoms with Crippen molar-refractivity contribution in [3.05, 3.63) is 35.0 Å². The standard InChI is InChI=1S/C14H6O2S4/c15-19-9-3-5-17-11(9)7-1-2-8-12-10(4-6-18-12)20(16)14(8)13(7)19/h1-6H. The van der Waals surface area contributed by atoms with E-state index in [2.05, 4.69) is 0 Å². The first-order valence-corrected chi connectivity index (χ1v) is 9.99. The van der Waals surface area contributed by atoms with E-state index in [1.807, 2.05) is 35.0 Å². The summed E-state index contributed by atoms with van der Waals surface area (Å²) in [6.45, 7) is 0. The van der Waals surface area contributed by atoms with Crippen molar-refractivity contribution in [2.45, 2.75) is 19.6 Å². The van der Waals surface area contributed by atoms with Gasteiger partial charge in [0.05, 0.1) is 50.9 Å². The molecular formula is C14H6O2S4. The molecule has 0 N–H and O–H groups in total. The Morgan fingerprint density at radius 1 is 0.700 bits per heavy atom. The van der Waals surface area contributed by atoms with Crippen LogP contribution in [0.5, 0.6) is 0 Å². The average Bonchev–Trinajstić information content (AvgIpc) is 3.17. The summed E-state index contributed by atoms with van der Waals surface area (Å²) in [5.74, 6) is 0. The summed E-state index contributed by atoms with van der Waals surface area (Å²) in [6, 6.07) is 7.88. The van der Waals surface area contributed by atoms with Gasteiger partial charge in [-0.3, -0.25) is 0 Å². The fourth-order valence-electron chi connectivity index (χ4n) is 2.79. The van der Waals surface area contributed by atoms with Gasteiger partial charge < -0.3 is 0 Å². The molecule has 4 heterocycles. The summed E-state index contributed by atoms with van der Waals surface area (Å²) in [6.07, 6.45) is 0. The van der Waals surface area contributed by atoms with Crippen molar-refractivity contribution >= 4 is 44.3 Å². The first kappa shape index (κ1) is 11.6. The third-order valence-electron chi connectivity index (χ3n) is 3.63. The molecule has 0 bridgehead atoms. The number of benzene rings is 1. The zero-order chi connectivity index (χ0) is 13.4. The van der Waals surface area contributed by atoms with E-state index in [1.165, 1.54) is 0 Å². The smallest absolute Gasteiger partial charge is 0.0883 e. The van der Waals surface area contributed by atoms with E-state index in [0.29, 0.717) is 0 Å². The largest absolute Gasteiger partial charge is 0.249 e. The summed E-state index contributed by atoms with van der Waals surface area (Å²) in [7, 11) is -2.39. The normalized spacial score (nSPS) is 21.4. The first-order chi connectivity index (χ1) is 9.77. The van der Waals surface area contributed by atoms with Gasteiger partial charge in [0.15, 0.2) is 0 Å². The third-order valence-corrected chi connectivity index (χ3v) is 8.98. The van der Waals surface area contributed by atoms with E-state index >= 15 is 0 Å². The molecule has 0 fully saturated rings. The molecule has 20 heavy (non-hydrogen) atoms. The van der Waals surface area contributed by atoms with Gasteiger partial charge in [-0.1, -0.05) is 12.1 Å². The van der Waals surface area contributed by atoms with Crippen LogP contribution in [0.2, 0.25) is 0 Å². The van der Waals surface area contributed by atoms with Crippen molar-refractivity contribution in [2.75, 3.05) is 0 Å². The summed E-state index contributed by atoms with van der Waals surface area (Å²) in [5.41, 5.74) is 1.99. The number of fused-ring (bicyclic) bond motifs is 7. The molecule has 0 saturated heterocycles. The molecule has 2 aliphatic rings. The predicted molar refractivity (Wildman–Crippen MR) is 82.4 cm³/mol. The number of rotatable bonds is 0. The molecule has 2 aromatic heterocycles. The van der Waals surface area contributed by atoms with Crippen LogP contribution in [0.3, 0.4) is 0 Å². The first-order valence-electron chi connectivity index (χ1n) is 5.93. The second-order valence-electron chi connectivity index (χ2n) is 4.58. The maximum absolute atomic E-state index is 12.7. The summed E-state index contributed by atoms with van der Waals surface area (Å²) < 4.78 is 25.4. The Kier molecular flexibility index (Phi) is 2.18. The predicted octanol–water partition coefficient (Wildman–Crippen LogP) is 4.10. The Labute approximate surface area is 128 Å². The lowest BCUT2D eigenvalue weighted by Gasteiger charge is -2.05. The molecule has 2 atom stereocenters. The quantitative estimate of drug-likeness (QED) is 0.427. The molecule has 0 aliphatic carbocycles. The van der Waals surface area contributed by atoms with Crippen molar-refractivity contribution in [3.8, 4) is 20.9 Å². The van der Waals surface area contributed by atoms with Gasteiger partial charge in [-0.15, -0.1) is 22.7 Å². The van der Waals surface area contributed by atoms with Crippen molar-refractivity contribution in [2.24, 2.45) is 0 Å². The molecule has 3 aromatic rings. The Morgan fingerprint density at radius 3 is 1.60 bits per heavy atom. The average molecular weight is 334 g/mol. The van der Waals surface area contributed by atoms with E-state index in [0.717, 1.165) is 40.5 Å². The molecule has 0 radical (unpaired) electrons. The minimum atomic E-state index is -1.19. The molecule has 6 heteroatoms.